The lowest BCUT2D eigenvalue weighted by molar-refractivity contribution is -0.134. The molecule has 3 aromatic rings. The van der Waals surface area contributed by atoms with Crippen molar-refractivity contribution in [3.8, 4) is 16.9 Å². The van der Waals surface area contributed by atoms with E-state index in [4.69, 9.17) is 25.6 Å². The number of hydrogen-bond donors (Lipinski definition) is 1. The number of piperidine rings is 1. The third-order valence-corrected chi connectivity index (χ3v) is 7.01. The highest BCUT2D eigenvalue weighted by Gasteiger charge is 2.42. The second kappa shape index (κ2) is 9.83. The summed E-state index contributed by atoms with van der Waals surface area (Å²) in [6.45, 7) is 1.18. The summed E-state index contributed by atoms with van der Waals surface area (Å²) in [4.78, 5) is 14.6. The number of hydrogen-bond acceptors (Lipinski definition) is 8. The standard InChI is InChI=1S/C23H22ClFN4O4S/c1-31-20-10-16(14-3-2-4-15(24)9-14)17(25)11-19(20)29-18-5-7-28(12-21(18)32-13-23(29)30)34-27-22-6-8-33-26-22/h2-4,6,8-11,18,21H,5,7,12-13H2,1H3,(H,26,27). The van der Waals surface area contributed by atoms with Gasteiger partial charge < -0.3 is 18.9 Å². The van der Waals surface area contributed by atoms with Crippen molar-refractivity contribution in [3.63, 3.8) is 0 Å². The monoisotopic (exact) mass is 504 g/mol. The van der Waals surface area contributed by atoms with Crippen LogP contribution in [0.5, 0.6) is 5.75 Å². The summed E-state index contributed by atoms with van der Waals surface area (Å²) >= 11 is 7.50. The topological polar surface area (TPSA) is 80.1 Å². The van der Waals surface area contributed by atoms with Crippen molar-refractivity contribution in [2.24, 2.45) is 0 Å². The van der Waals surface area contributed by atoms with Crippen LogP contribution in [-0.4, -0.2) is 54.3 Å². The zero-order valence-electron chi connectivity index (χ0n) is 18.2. The molecule has 178 valence electrons. The Kier molecular flexibility index (Phi) is 6.64. The van der Waals surface area contributed by atoms with Crippen LogP contribution in [0.3, 0.4) is 0 Å². The van der Waals surface area contributed by atoms with Crippen molar-refractivity contribution in [1.82, 2.24) is 9.46 Å². The van der Waals surface area contributed by atoms with E-state index in [0.717, 1.165) is 0 Å². The number of fused-ring (bicyclic) bond motifs is 1. The van der Waals surface area contributed by atoms with Crippen LogP contribution >= 0.6 is 23.7 Å². The molecule has 34 heavy (non-hydrogen) atoms. The van der Waals surface area contributed by atoms with Crippen LogP contribution in [0.15, 0.2) is 53.3 Å². The Labute approximate surface area is 205 Å². The number of rotatable bonds is 6. The molecular weight excluding hydrogens is 483 g/mol. The molecule has 1 aromatic heterocycles. The summed E-state index contributed by atoms with van der Waals surface area (Å²) in [6.07, 6.45) is 1.90. The van der Waals surface area contributed by atoms with Gasteiger partial charge in [0.25, 0.3) is 5.91 Å². The summed E-state index contributed by atoms with van der Waals surface area (Å²) in [5.74, 6) is 0.346. The van der Waals surface area contributed by atoms with Gasteiger partial charge in [0.05, 0.1) is 24.9 Å². The number of anilines is 2. The Morgan fingerprint density at radius 1 is 1.29 bits per heavy atom. The van der Waals surface area contributed by atoms with Gasteiger partial charge in [0.15, 0.2) is 5.82 Å². The molecule has 0 bridgehead atoms. The molecule has 2 aromatic carbocycles. The SMILES string of the molecule is COc1cc(-c2cccc(Cl)c2)c(F)cc1N1C(=O)COC2CN(SNc3ccon3)CCC21. The molecule has 0 aliphatic carbocycles. The first-order valence-electron chi connectivity index (χ1n) is 10.7. The molecule has 2 aliphatic heterocycles. The van der Waals surface area contributed by atoms with Crippen molar-refractivity contribution < 1.29 is 23.2 Å². The Morgan fingerprint density at radius 2 is 2.18 bits per heavy atom. The van der Waals surface area contributed by atoms with Crippen molar-refractivity contribution in [2.75, 3.05) is 36.4 Å². The maximum absolute atomic E-state index is 15.3. The maximum atomic E-state index is 15.3. The predicted octanol–water partition coefficient (Wildman–Crippen LogP) is 4.62. The smallest absolute Gasteiger partial charge is 0.253 e. The minimum Gasteiger partial charge on any atom is -0.495 e. The highest BCUT2D eigenvalue weighted by Crippen LogP contribution is 2.40. The van der Waals surface area contributed by atoms with Gasteiger partial charge in [-0.2, -0.15) is 0 Å². The van der Waals surface area contributed by atoms with Gasteiger partial charge >= 0.3 is 0 Å². The second-order valence-electron chi connectivity index (χ2n) is 7.95. The molecule has 11 heteroatoms. The van der Waals surface area contributed by atoms with Crippen LogP contribution in [0.1, 0.15) is 6.42 Å². The number of nitrogens with zero attached hydrogens (tertiary/aromatic N) is 3. The van der Waals surface area contributed by atoms with Crippen LogP contribution in [0.2, 0.25) is 5.02 Å². The molecule has 8 nitrogen and oxygen atoms in total. The number of methoxy groups -OCH3 is 1. The zero-order chi connectivity index (χ0) is 23.7. The van der Waals surface area contributed by atoms with Crippen LogP contribution < -0.4 is 14.4 Å². The molecule has 3 heterocycles. The van der Waals surface area contributed by atoms with Gasteiger partial charge in [-0.25, -0.2) is 8.70 Å². The maximum Gasteiger partial charge on any atom is 0.253 e. The summed E-state index contributed by atoms with van der Waals surface area (Å²) in [7, 11) is 1.51. The molecule has 0 radical (unpaired) electrons. The van der Waals surface area contributed by atoms with Gasteiger partial charge in [-0.3, -0.25) is 9.52 Å². The molecule has 2 saturated heterocycles. The van der Waals surface area contributed by atoms with E-state index in [9.17, 15) is 4.79 Å². The molecule has 0 saturated carbocycles. The quantitative estimate of drug-likeness (QED) is 0.487. The Hall–Kier alpha value is -2.79. The van der Waals surface area contributed by atoms with Crippen LogP contribution in [0, 0.1) is 5.82 Å². The van der Waals surface area contributed by atoms with Crippen molar-refractivity contribution in [1.29, 1.82) is 0 Å². The molecule has 2 aliphatic rings. The van der Waals surface area contributed by atoms with E-state index >= 15 is 4.39 Å². The number of ether oxygens (including phenoxy) is 2. The van der Waals surface area contributed by atoms with Gasteiger partial charge in [-0.1, -0.05) is 28.9 Å². The van der Waals surface area contributed by atoms with Crippen LogP contribution in [0.4, 0.5) is 15.9 Å². The number of morpholine rings is 1. The highest BCUT2D eigenvalue weighted by atomic mass is 35.5. The van der Waals surface area contributed by atoms with E-state index in [2.05, 4.69) is 14.2 Å². The molecule has 1 amide bonds. The Balaban J connectivity index is 1.39. The number of nitrogens with one attached hydrogen (secondary N) is 1. The molecular formula is C23H22ClFN4O4S. The van der Waals surface area contributed by atoms with E-state index in [-0.39, 0.29) is 24.7 Å². The van der Waals surface area contributed by atoms with Gasteiger partial charge in [-0.15, -0.1) is 0 Å². The van der Waals surface area contributed by atoms with Gasteiger partial charge in [0.1, 0.15) is 24.4 Å². The lowest BCUT2D eigenvalue weighted by atomic mass is 9.97. The van der Waals surface area contributed by atoms with Gasteiger partial charge in [0, 0.05) is 47.9 Å². The summed E-state index contributed by atoms with van der Waals surface area (Å²) in [5, 5.41) is 4.34. The molecule has 2 atom stereocenters. The normalized spacial score (nSPS) is 20.8. The molecule has 0 spiro atoms. The van der Waals surface area contributed by atoms with E-state index in [1.165, 1.54) is 31.6 Å². The number of halogens is 2. The van der Waals surface area contributed by atoms with E-state index < -0.39 is 5.82 Å². The van der Waals surface area contributed by atoms with Crippen molar-refractivity contribution in [2.45, 2.75) is 18.6 Å². The number of aromatic nitrogens is 1. The summed E-state index contributed by atoms with van der Waals surface area (Å²) in [6, 6.07) is 11.4. The van der Waals surface area contributed by atoms with E-state index in [0.29, 0.717) is 52.9 Å². The lowest BCUT2D eigenvalue weighted by Crippen LogP contribution is -2.60. The average Bonchev–Trinajstić information content (AvgIpc) is 3.36. The van der Waals surface area contributed by atoms with Crippen molar-refractivity contribution in [3.05, 3.63) is 59.6 Å². The first-order chi connectivity index (χ1) is 16.5. The van der Waals surface area contributed by atoms with Crippen LogP contribution in [-0.2, 0) is 9.53 Å². The third kappa shape index (κ3) is 4.58. The molecule has 5 rings (SSSR count). The fraction of sp³-hybridized carbons (Fsp3) is 0.304. The molecule has 2 unspecified atom stereocenters. The number of benzene rings is 2. The lowest BCUT2D eigenvalue weighted by Gasteiger charge is -2.46. The summed E-state index contributed by atoms with van der Waals surface area (Å²) in [5.41, 5.74) is 1.38. The number of amides is 1. The van der Waals surface area contributed by atoms with Crippen molar-refractivity contribution >= 4 is 41.1 Å². The first-order valence-corrected chi connectivity index (χ1v) is 11.8. The largest absolute Gasteiger partial charge is 0.495 e. The minimum absolute atomic E-state index is 0.0861. The Bertz CT molecular complexity index is 1180. The summed E-state index contributed by atoms with van der Waals surface area (Å²) < 4.78 is 36.8. The number of carbonyl (C=O) groups is 1. The van der Waals surface area contributed by atoms with Crippen LogP contribution in [0.25, 0.3) is 11.1 Å². The van der Waals surface area contributed by atoms with E-state index in [1.807, 2.05) is 0 Å². The minimum atomic E-state index is -0.460. The second-order valence-corrected chi connectivity index (χ2v) is 9.29. The number of carbonyl (C=O) groups excluding carboxylic acids is 1. The fourth-order valence-corrected chi connectivity index (χ4v) is 5.25. The highest BCUT2D eigenvalue weighted by molar-refractivity contribution is 7.98. The first kappa shape index (κ1) is 23.0. The molecule has 2 fully saturated rings. The average molecular weight is 505 g/mol. The van der Waals surface area contributed by atoms with Gasteiger partial charge in [-0.05, 0) is 30.2 Å². The molecule has 1 N–H and O–H groups in total. The third-order valence-electron chi connectivity index (χ3n) is 5.89. The van der Waals surface area contributed by atoms with Gasteiger partial charge in [0.2, 0.25) is 0 Å². The zero-order valence-corrected chi connectivity index (χ0v) is 19.8. The predicted molar refractivity (Wildman–Crippen MR) is 128 cm³/mol. The van der Waals surface area contributed by atoms with E-state index in [1.54, 1.807) is 41.3 Å². The fourth-order valence-electron chi connectivity index (χ4n) is 4.31. The Morgan fingerprint density at radius 3 is 2.94 bits per heavy atom.